The molecule has 172 valence electrons. The second kappa shape index (κ2) is 9.10. The highest BCUT2D eigenvalue weighted by molar-refractivity contribution is 7.99. The third-order valence-electron chi connectivity index (χ3n) is 7.45. The Kier molecular flexibility index (Phi) is 6.21. The van der Waals surface area contributed by atoms with Gasteiger partial charge in [-0.1, -0.05) is 17.7 Å². The lowest BCUT2D eigenvalue weighted by Gasteiger charge is -2.42. The van der Waals surface area contributed by atoms with E-state index in [0.717, 1.165) is 70.0 Å². The van der Waals surface area contributed by atoms with Crippen molar-refractivity contribution in [2.45, 2.75) is 39.2 Å². The molecule has 3 aliphatic rings. The van der Waals surface area contributed by atoms with Crippen LogP contribution in [0.1, 0.15) is 39.3 Å². The topological polar surface area (TPSA) is 44.6 Å². The van der Waals surface area contributed by atoms with E-state index in [1.807, 2.05) is 28.4 Å². The number of carbonyl (C=O) groups is 1. The molecular weight excluding hydrogens is 418 g/mol. The van der Waals surface area contributed by atoms with Crippen LogP contribution in [0.2, 0.25) is 0 Å². The minimum atomic E-state index is 0.141. The van der Waals surface area contributed by atoms with E-state index >= 15 is 0 Å². The molecule has 0 spiro atoms. The molecule has 1 aliphatic carbocycles. The number of thioether (sulfide) groups is 1. The van der Waals surface area contributed by atoms with Gasteiger partial charge in [-0.25, -0.2) is 0 Å². The number of benzene rings is 1. The Labute approximate surface area is 195 Å². The summed E-state index contributed by atoms with van der Waals surface area (Å²) in [5.74, 6) is 2.21. The van der Waals surface area contributed by atoms with E-state index in [-0.39, 0.29) is 5.91 Å². The van der Waals surface area contributed by atoms with Gasteiger partial charge in [-0.15, -0.1) is 0 Å². The van der Waals surface area contributed by atoms with E-state index in [4.69, 9.17) is 5.10 Å². The molecule has 0 saturated carbocycles. The number of fused-ring (bicyclic) bond motifs is 1. The zero-order valence-corrected chi connectivity index (χ0v) is 20.5. The quantitative estimate of drug-likeness (QED) is 0.715. The average molecular weight is 454 g/mol. The van der Waals surface area contributed by atoms with Crippen LogP contribution in [0.4, 0.5) is 5.69 Å². The van der Waals surface area contributed by atoms with Gasteiger partial charge in [-0.05, 0) is 44.7 Å². The first-order valence-corrected chi connectivity index (χ1v) is 13.1. The molecule has 32 heavy (non-hydrogen) atoms. The van der Waals surface area contributed by atoms with Crippen molar-refractivity contribution in [1.82, 2.24) is 19.6 Å². The third kappa shape index (κ3) is 4.17. The molecule has 2 aromatic rings. The summed E-state index contributed by atoms with van der Waals surface area (Å²) in [5.41, 5.74) is 7.27. The number of carbonyl (C=O) groups excluding carboxylic acids is 1. The predicted octanol–water partition coefficient (Wildman–Crippen LogP) is 2.91. The molecule has 0 unspecified atom stereocenters. The number of hydrogen-bond acceptors (Lipinski definition) is 5. The van der Waals surface area contributed by atoms with E-state index in [9.17, 15) is 4.79 Å². The summed E-state index contributed by atoms with van der Waals surface area (Å²) in [5, 5.41) is 4.71. The highest BCUT2D eigenvalue weighted by Gasteiger charge is 2.34. The zero-order chi connectivity index (χ0) is 22.2. The molecule has 1 aromatic heterocycles. The lowest BCUT2D eigenvalue weighted by Crippen LogP contribution is -2.52. The van der Waals surface area contributed by atoms with Gasteiger partial charge in [-0.3, -0.25) is 14.4 Å². The SMILES string of the molecule is Cc1ccc(N2CCN([C@@H]3CCc4c(c(C(=O)N5CCSCC5)nn4C)C3)CC2)c(C)c1. The maximum atomic E-state index is 13.2. The van der Waals surface area contributed by atoms with Gasteiger partial charge in [0.25, 0.3) is 5.91 Å². The molecule has 1 amide bonds. The number of hydrogen-bond donors (Lipinski definition) is 0. The molecule has 0 radical (unpaired) electrons. The van der Waals surface area contributed by atoms with Crippen LogP contribution in [0.5, 0.6) is 0 Å². The van der Waals surface area contributed by atoms with Crippen molar-refractivity contribution < 1.29 is 4.79 Å². The lowest BCUT2D eigenvalue weighted by atomic mass is 9.89. The molecule has 0 bridgehead atoms. The molecule has 5 rings (SSSR count). The summed E-state index contributed by atoms with van der Waals surface area (Å²) in [6.07, 6.45) is 3.13. The van der Waals surface area contributed by atoms with E-state index in [1.165, 1.54) is 28.1 Å². The number of piperazine rings is 1. The molecule has 2 aliphatic heterocycles. The second-order valence-electron chi connectivity index (χ2n) is 9.51. The Bertz CT molecular complexity index is 988. The Balaban J connectivity index is 1.27. The molecule has 6 nitrogen and oxygen atoms in total. The summed E-state index contributed by atoms with van der Waals surface area (Å²) in [7, 11) is 2.00. The minimum Gasteiger partial charge on any atom is -0.369 e. The van der Waals surface area contributed by atoms with Crippen LogP contribution in [0.15, 0.2) is 18.2 Å². The monoisotopic (exact) mass is 453 g/mol. The number of anilines is 1. The fraction of sp³-hybridized carbons (Fsp3) is 0.600. The zero-order valence-electron chi connectivity index (χ0n) is 19.6. The van der Waals surface area contributed by atoms with Crippen LogP contribution >= 0.6 is 11.8 Å². The predicted molar refractivity (Wildman–Crippen MR) is 132 cm³/mol. The Hall–Kier alpha value is -1.99. The van der Waals surface area contributed by atoms with Crippen molar-refractivity contribution in [3.8, 4) is 0 Å². The first-order chi connectivity index (χ1) is 15.5. The van der Waals surface area contributed by atoms with Crippen molar-refractivity contribution in [3.05, 3.63) is 46.3 Å². The molecule has 1 aromatic carbocycles. The largest absolute Gasteiger partial charge is 0.369 e. The Morgan fingerprint density at radius 2 is 1.81 bits per heavy atom. The summed E-state index contributed by atoms with van der Waals surface area (Å²) >= 11 is 1.93. The van der Waals surface area contributed by atoms with Crippen molar-refractivity contribution in [2.24, 2.45) is 7.05 Å². The molecular formula is C25H35N5OS. The first-order valence-electron chi connectivity index (χ1n) is 12.0. The fourth-order valence-electron chi connectivity index (χ4n) is 5.66. The van der Waals surface area contributed by atoms with Gasteiger partial charge < -0.3 is 9.80 Å². The maximum Gasteiger partial charge on any atom is 0.274 e. The Morgan fingerprint density at radius 3 is 2.53 bits per heavy atom. The number of amides is 1. The van der Waals surface area contributed by atoms with E-state index in [2.05, 4.69) is 41.8 Å². The van der Waals surface area contributed by atoms with Crippen molar-refractivity contribution in [2.75, 3.05) is 55.7 Å². The van der Waals surface area contributed by atoms with Gasteiger partial charge >= 0.3 is 0 Å². The highest BCUT2D eigenvalue weighted by Crippen LogP contribution is 2.30. The summed E-state index contributed by atoms with van der Waals surface area (Å²) < 4.78 is 1.97. The van der Waals surface area contributed by atoms with Gasteiger partial charge in [0.1, 0.15) is 0 Å². The number of nitrogens with zero attached hydrogens (tertiary/aromatic N) is 5. The van der Waals surface area contributed by atoms with Gasteiger partial charge in [0.05, 0.1) is 0 Å². The van der Waals surface area contributed by atoms with Gasteiger partial charge in [0.15, 0.2) is 5.69 Å². The normalized spacial score (nSPS) is 22.2. The van der Waals surface area contributed by atoms with Gasteiger partial charge in [-0.2, -0.15) is 16.9 Å². The molecule has 0 N–H and O–H groups in total. The van der Waals surface area contributed by atoms with Gasteiger partial charge in [0.2, 0.25) is 0 Å². The van der Waals surface area contributed by atoms with Crippen LogP contribution in [0.3, 0.4) is 0 Å². The molecule has 3 heterocycles. The highest BCUT2D eigenvalue weighted by atomic mass is 32.2. The van der Waals surface area contributed by atoms with E-state index in [0.29, 0.717) is 11.7 Å². The number of rotatable bonds is 3. The molecule has 2 saturated heterocycles. The van der Waals surface area contributed by atoms with Crippen molar-refractivity contribution in [3.63, 3.8) is 0 Å². The maximum absolute atomic E-state index is 13.2. The van der Waals surface area contributed by atoms with Crippen LogP contribution in [0.25, 0.3) is 0 Å². The summed E-state index contributed by atoms with van der Waals surface area (Å²) in [4.78, 5) is 20.4. The van der Waals surface area contributed by atoms with E-state index in [1.54, 1.807) is 0 Å². The fourth-order valence-corrected chi connectivity index (χ4v) is 6.56. The number of aromatic nitrogens is 2. The van der Waals surface area contributed by atoms with Crippen molar-refractivity contribution in [1.29, 1.82) is 0 Å². The minimum absolute atomic E-state index is 0.141. The molecule has 1 atom stereocenters. The first kappa shape index (κ1) is 21.8. The van der Waals surface area contributed by atoms with Crippen LogP contribution in [0, 0.1) is 13.8 Å². The van der Waals surface area contributed by atoms with Crippen molar-refractivity contribution >= 4 is 23.4 Å². The smallest absolute Gasteiger partial charge is 0.274 e. The standard InChI is InChI=1S/C25H35N5OS/c1-18-4-6-22(19(2)16-18)29-10-8-28(9-11-29)20-5-7-23-21(17-20)24(26-27(23)3)25(31)30-12-14-32-15-13-30/h4,6,16,20H,5,7-15,17H2,1-3H3/t20-/m1/s1. The molecule has 2 fully saturated rings. The second-order valence-corrected chi connectivity index (χ2v) is 10.7. The third-order valence-corrected chi connectivity index (χ3v) is 8.40. The van der Waals surface area contributed by atoms with Crippen LogP contribution < -0.4 is 4.90 Å². The van der Waals surface area contributed by atoms with Gasteiger partial charge in [0, 0.05) is 80.8 Å². The van der Waals surface area contributed by atoms with E-state index < -0.39 is 0 Å². The molecule has 7 heteroatoms. The average Bonchev–Trinajstić information content (AvgIpc) is 3.15. The van der Waals surface area contributed by atoms with Crippen LogP contribution in [-0.2, 0) is 19.9 Å². The van der Waals surface area contributed by atoms with Crippen LogP contribution in [-0.4, -0.2) is 82.3 Å². The summed E-state index contributed by atoms with van der Waals surface area (Å²) in [6.45, 7) is 10.4. The summed E-state index contributed by atoms with van der Waals surface area (Å²) in [6, 6.07) is 7.29. The Morgan fingerprint density at radius 1 is 1.06 bits per heavy atom. The number of aryl methyl sites for hydroxylation is 3. The lowest BCUT2D eigenvalue weighted by molar-refractivity contribution is 0.0763.